The van der Waals surface area contributed by atoms with Gasteiger partial charge in [-0.3, -0.25) is 4.79 Å². The van der Waals surface area contributed by atoms with Crippen LogP contribution in [0.4, 0.5) is 0 Å². The summed E-state index contributed by atoms with van der Waals surface area (Å²) in [6.07, 6.45) is 1.88. The first-order valence-corrected chi connectivity index (χ1v) is 11.0. The molecule has 0 bridgehead atoms. The topological polar surface area (TPSA) is 78.0 Å². The van der Waals surface area contributed by atoms with E-state index in [-0.39, 0.29) is 18.6 Å². The van der Waals surface area contributed by atoms with E-state index < -0.39 is 0 Å². The molecule has 0 aromatic carbocycles. The van der Waals surface area contributed by atoms with Crippen LogP contribution in [0.5, 0.6) is 0 Å². The number of rotatable bonds is 18. The predicted octanol–water partition coefficient (Wildman–Crippen LogP) is 3.02. The number of nitrogens with one attached hydrogen (secondary N) is 2. The van der Waals surface area contributed by atoms with Crippen LogP contribution >= 0.6 is 0 Å². The second kappa shape index (κ2) is 31.0. The van der Waals surface area contributed by atoms with Gasteiger partial charge in [-0.15, -0.1) is 0 Å². The fourth-order valence-corrected chi connectivity index (χ4v) is 1.71. The normalized spacial score (nSPS) is 10.0. The third-order valence-electron chi connectivity index (χ3n) is 2.97. The van der Waals surface area contributed by atoms with Crippen molar-refractivity contribution >= 4 is 5.91 Å². The summed E-state index contributed by atoms with van der Waals surface area (Å²) >= 11 is 0. The molecule has 2 N–H and O–H groups in total. The highest BCUT2D eigenvalue weighted by molar-refractivity contribution is 5.77. The van der Waals surface area contributed by atoms with Crippen molar-refractivity contribution in [1.82, 2.24) is 10.6 Å². The Morgan fingerprint density at radius 1 is 0.786 bits per heavy atom. The van der Waals surface area contributed by atoms with Crippen molar-refractivity contribution in [2.75, 3.05) is 65.9 Å². The van der Waals surface area contributed by atoms with Crippen molar-refractivity contribution in [2.24, 2.45) is 0 Å². The maximum atomic E-state index is 11.4. The molecule has 0 aliphatic carbocycles. The smallest absolute Gasteiger partial charge is 0.246 e. The van der Waals surface area contributed by atoms with Gasteiger partial charge in [0, 0.05) is 19.8 Å². The van der Waals surface area contributed by atoms with Crippen LogP contribution in [0.2, 0.25) is 0 Å². The third-order valence-corrected chi connectivity index (χ3v) is 2.97. The molecule has 28 heavy (non-hydrogen) atoms. The first-order chi connectivity index (χ1) is 13.7. The molecule has 0 heterocycles. The quantitative estimate of drug-likeness (QED) is 0.340. The Labute approximate surface area is 174 Å². The molecule has 0 aliphatic rings. The van der Waals surface area contributed by atoms with Crippen LogP contribution in [0.3, 0.4) is 0 Å². The first kappa shape index (κ1) is 31.9. The van der Waals surface area contributed by atoms with Crippen LogP contribution in [-0.2, 0) is 23.7 Å². The van der Waals surface area contributed by atoms with Crippen molar-refractivity contribution in [3.63, 3.8) is 0 Å². The lowest BCUT2D eigenvalue weighted by atomic mass is 10.4. The summed E-state index contributed by atoms with van der Waals surface area (Å²) in [5.74, 6) is -0.0856. The Morgan fingerprint density at radius 2 is 1.25 bits per heavy atom. The standard InChI is InChI=1S/C17H36N2O5.2C2H6/c1-4-18-7-5-9-21-11-13-23-14-12-22-10-6-8-19-17(20)15-24-16(2)3;2*1-2/h16,18H,4-15H2,1-3H3,(H,19,20);2*1-2H3. The number of carbonyl (C=O) groups is 1. The molecule has 7 heteroatoms. The number of amides is 1. The molecule has 0 rings (SSSR count). The monoisotopic (exact) mass is 408 g/mol. The van der Waals surface area contributed by atoms with E-state index in [9.17, 15) is 4.79 Å². The summed E-state index contributed by atoms with van der Waals surface area (Å²) < 4.78 is 21.5. The lowest BCUT2D eigenvalue weighted by molar-refractivity contribution is -0.127. The van der Waals surface area contributed by atoms with E-state index in [1.165, 1.54) is 0 Å². The van der Waals surface area contributed by atoms with Crippen molar-refractivity contribution in [3.05, 3.63) is 0 Å². The van der Waals surface area contributed by atoms with Crippen molar-refractivity contribution in [3.8, 4) is 0 Å². The van der Waals surface area contributed by atoms with E-state index in [1.54, 1.807) is 0 Å². The van der Waals surface area contributed by atoms with Gasteiger partial charge in [-0.25, -0.2) is 0 Å². The van der Waals surface area contributed by atoms with E-state index >= 15 is 0 Å². The summed E-state index contributed by atoms with van der Waals surface area (Å²) in [5, 5.41) is 6.03. The highest BCUT2D eigenvalue weighted by Gasteiger charge is 2.02. The SMILES string of the molecule is CC.CC.CCNCCCOCCOCCOCCCNC(=O)COC(C)C. The number of carbonyl (C=O) groups excluding carboxylic acids is 1. The summed E-state index contributed by atoms with van der Waals surface area (Å²) in [6, 6.07) is 0. The van der Waals surface area contributed by atoms with Gasteiger partial charge in [0.2, 0.25) is 5.91 Å². The first-order valence-electron chi connectivity index (χ1n) is 11.0. The van der Waals surface area contributed by atoms with E-state index in [1.807, 2.05) is 41.5 Å². The second-order valence-corrected chi connectivity index (χ2v) is 5.61. The molecule has 0 aliphatic heterocycles. The average Bonchev–Trinajstić information content (AvgIpc) is 2.72. The van der Waals surface area contributed by atoms with Gasteiger partial charge in [0.25, 0.3) is 0 Å². The molecule has 0 saturated heterocycles. The van der Waals surface area contributed by atoms with Gasteiger partial charge in [-0.1, -0.05) is 34.6 Å². The molecule has 0 unspecified atom stereocenters. The Kier molecular flexibility index (Phi) is 35.3. The van der Waals surface area contributed by atoms with E-state index in [0.717, 1.165) is 32.5 Å². The molecule has 0 atom stereocenters. The van der Waals surface area contributed by atoms with Gasteiger partial charge in [0.15, 0.2) is 0 Å². The van der Waals surface area contributed by atoms with Gasteiger partial charge in [-0.05, 0) is 39.8 Å². The maximum Gasteiger partial charge on any atom is 0.246 e. The largest absolute Gasteiger partial charge is 0.379 e. The van der Waals surface area contributed by atoms with Crippen LogP contribution in [-0.4, -0.2) is 77.9 Å². The highest BCUT2D eigenvalue weighted by Crippen LogP contribution is 1.88. The van der Waals surface area contributed by atoms with Crippen LogP contribution < -0.4 is 10.6 Å². The Morgan fingerprint density at radius 3 is 1.71 bits per heavy atom. The van der Waals surface area contributed by atoms with Crippen molar-refractivity contribution < 1.29 is 23.7 Å². The van der Waals surface area contributed by atoms with Crippen molar-refractivity contribution in [2.45, 2.75) is 67.4 Å². The van der Waals surface area contributed by atoms with Gasteiger partial charge < -0.3 is 29.6 Å². The van der Waals surface area contributed by atoms with Gasteiger partial charge in [0.1, 0.15) is 6.61 Å². The third kappa shape index (κ3) is 32.9. The number of hydrogen-bond acceptors (Lipinski definition) is 6. The molecule has 0 spiro atoms. The average molecular weight is 409 g/mol. The predicted molar refractivity (Wildman–Crippen MR) is 117 cm³/mol. The molecular formula is C21H48N2O5. The van der Waals surface area contributed by atoms with E-state index in [0.29, 0.717) is 39.6 Å². The Hall–Kier alpha value is -0.730. The Balaban J connectivity index is -0.00000146. The lowest BCUT2D eigenvalue weighted by Crippen LogP contribution is -2.30. The summed E-state index contributed by atoms with van der Waals surface area (Å²) in [6.45, 7) is 20.3. The molecule has 0 aromatic rings. The molecular weight excluding hydrogens is 360 g/mol. The van der Waals surface area contributed by atoms with Gasteiger partial charge in [0.05, 0.1) is 32.5 Å². The van der Waals surface area contributed by atoms with Gasteiger partial charge >= 0.3 is 0 Å². The van der Waals surface area contributed by atoms with E-state index in [4.69, 9.17) is 18.9 Å². The maximum absolute atomic E-state index is 11.4. The summed E-state index contributed by atoms with van der Waals surface area (Å²) in [7, 11) is 0. The van der Waals surface area contributed by atoms with Crippen LogP contribution in [0.1, 0.15) is 61.3 Å². The molecule has 0 fully saturated rings. The second-order valence-electron chi connectivity index (χ2n) is 5.61. The molecule has 0 radical (unpaired) electrons. The molecule has 1 amide bonds. The molecule has 0 aromatic heterocycles. The lowest BCUT2D eigenvalue weighted by Gasteiger charge is -2.09. The minimum atomic E-state index is -0.0856. The number of hydrogen-bond donors (Lipinski definition) is 2. The fraction of sp³-hybridized carbons (Fsp3) is 0.952. The van der Waals surface area contributed by atoms with Crippen LogP contribution in [0.25, 0.3) is 0 Å². The summed E-state index contributed by atoms with van der Waals surface area (Å²) in [4.78, 5) is 11.4. The zero-order chi connectivity index (χ0) is 21.9. The zero-order valence-corrected chi connectivity index (χ0v) is 19.6. The van der Waals surface area contributed by atoms with Crippen molar-refractivity contribution in [1.29, 1.82) is 0 Å². The molecule has 7 nitrogen and oxygen atoms in total. The molecule has 172 valence electrons. The molecule has 0 saturated carbocycles. The van der Waals surface area contributed by atoms with Crippen LogP contribution in [0, 0.1) is 0 Å². The fourth-order valence-electron chi connectivity index (χ4n) is 1.71. The van der Waals surface area contributed by atoms with Crippen LogP contribution in [0.15, 0.2) is 0 Å². The summed E-state index contributed by atoms with van der Waals surface area (Å²) in [5.41, 5.74) is 0. The van der Waals surface area contributed by atoms with E-state index in [2.05, 4.69) is 17.6 Å². The Bertz CT molecular complexity index is 280. The highest BCUT2D eigenvalue weighted by atomic mass is 16.5. The zero-order valence-electron chi connectivity index (χ0n) is 19.6. The minimum Gasteiger partial charge on any atom is -0.379 e. The van der Waals surface area contributed by atoms with Gasteiger partial charge in [-0.2, -0.15) is 0 Å². The number of ether oxygens (including phenoxy) is 4. The minimum absolute atomic E-state index is 0.0718.